The normalized spacial score (nSPS) is 19.4. The largest absolute Gasteiger partial charge is 0.391 e. The van der Waals surface area contributed by atoms with Crippen LogP contribution in [0.25, 0.3) is 37.9 Å². The number of carbonyl (C=O) groups is 3. The lowest BCUT2D eigenvalue weighted by Gasteiger charge is -2.32. The van der Waals surface area contributed by atoms with Gasteiger partial charge in [0.15, 0.2) is 5.01 Å². The topological polar surface area (TPSA) is 229 Å². The maximum absolute atomic E-state index is 14.3. The Labute approximate surface area is 413 Å². The van der Waals surface area contributed by atoms with Gasteiger partial charge in [-0.2, -0.15) is 10.4 Å². The molecule has 0 radical (unpaired) electrons. The minimum atomic E-state index is -0.951. The van der Waals surface area contributed by atoms with E-state index in [1.54, 1.807) is 58.0 Å². The van der Waals surface area contributed by atoms with E-state index in [4.69, 9.17) is 9.51 Å². The molecule has 6 aromatic heterocycles. The van der Waals surface area contributed by atoms with Crippen molar-refractivity contribution in [1.29, 1.82) is 5.26 Å². The Morgan fingerprint density at radius 2 is 1.76 bits per heavy atom. The van der Waals surface area contributed by atoms with Crippen LogP contribution in [0.15, 0.2) is 77.0 Å². The molecular weight excluding hydrogens is 925 g/mol. The number of aromatic nitrogens is 7. The van der Waals surface area contributed by atoms with Crippen molar-refractivity contribution < 1.29 is 24.0 Å². The van der Waals surface area contributed by atoms with Crippen LogP contribution in [0, 0.1) is 37.0 Å². The minimum Gasteiger partial charge on any atom is -0.391 e. The summed E-state index contributed by atoms with van der Waals surface area (Å²) in [6.07, 6.45) is 6.09. The number of aliphatic hydroxyl groups excluding tert-OH is 1. The number of aryl methyl sites for hydroxylation is 2. The molecule has 5 atom stereocenters. The second-order valence-electron chi connectivity index (χ2n) is 18.8. The number of fused-ring (bicyclic) bond motifs is 1. The molecule has 1 saturated carbocycles. The van der Waals surface area contributed by atoms with Gasteiger partial charge in [-0.05, 0) is 93.7 Å². The van der Waals surface area contributed by atoms with E-state index in [1.165, 1.54) is 4.90 Å². The molecule has 19 heteroatoms. The third-order valence-corrected chi connectivity index (χ3v) is 15.8. The first-order chi connectivity index (χ1) is 33.8. The predicted octanol–water partition coefficient (Wildman–Crippen LogP) is 7.98. The quantitative estimate of drug-likeness (QED) is 0.0765. The van der Waals surface area contributed by atoms with Crippen molar-refractivity contribution in [1.82, 2.24) is 50.5 Å². The van der Waals surface area contributed by atoms with Crippen molar-refractivity contribution in [3.8, 4) is 38.5 Å². The number of carbonyl (C=O) groups excluding carboxylic acids is 3. The number of rotatable bonds is 15. The van der Waals surface area contributed by atoms with Crippen molar-refractivity contribution in [2.24, 2.45) is 11.8 Å². The molecular formula is C51H56N12O5S2. The molecule has 70 heavy (non-hydrogen) atoms. The maximum atomic E-state index is 14.3. The average molecular weight is 981 g/mol. The standard InChI is InChI=1S/C51H56N12O5S2/c1-27(2)46(44-17-28(3)61-68-44)51(67)62-25-37(64)19-43(62)48(66)58-39(33-9-11-34(12-10-33)47-30(5)55-26-69-47)21-45(65)57-29(4)32-7-13-35(14-8-32)49-59-60-50(70-49)38-24-54-41(20-40(38)53-6)42-16-15-36-18-31(22-52)23-56-63(36)42/h9-12,15-18,20,23-24,26-27,29,32,35,37,39,43,46,64H,7-8,13-14,19,21,25H2,1-6H3,(H,53,54)(H,57,65)(H,58,66)/t29-,32?,35?,37?,39-,43?,46?/m0/s1. The highest BCUT2D eigenvalue weighted by Crippen LogP contribution is 2.41. The lowest BCUT2D eigenvalue weighted by molar-refractivity contribution is -0.141. The van der Waals surface area contributed by atoms with Crippen LogP contribution in [0.1, 0.15) is 110 Å². The van der Waals surface area contributed by atoms with E-state index in [0.29, 0.717) is 17.0 Å². The van der Waals surface area contributed by atoms with Gasteiger partial charge in [0, 0.05) is 49.9 Å². The van der Waals surface area contributed by atoms with E-state index in [1.807, 2.05) is 83.4 Å². The molecule has 7 heterocycles. The molecule has 1 aromatic carbocycles. The van der Waals surface area contributed by atoms with Gasteiger partial charge in [-0.15, -0.1) is 21.5 Å². The molecule has 2 fully saturated rings. The van der Waals surface area contributed by atoms with Crippen molar-refractivity contribution in [3.63, 3.8) is 0 Å². The van der Waals surface area contributed by atoms with E-state index in [9.17, 15) is 24.8 Å². The number of pyridine rings is 1. The van der Waals surface area contributed by atoms with Crippen LogP contribution in [0.3, 0.4) is 0 Å². The van der Waals surface area contributed by atoms with Gasteiger partial charge in [-0.1, -0.05) is 54.6 Å². The summed E-state index contributed by atoms with van der Waals surface area (Å²) < 4.78 is 7.29. The summed E-state index contributed by atoms with van der Waals surface area (Å²) in [6, 6.07) is 17.5. The van der Waals surface area contributed by atoms with E-state index in [2.05, 4.69) is 47.5 Å². The first-order valence-electron chi connectivity index (χ1n) is 23.7. The summed E-state index contributed by atoms with van der Waals surface area (Å²) in [5.41, 5.74) is 9.64. The van der Waals surface area contributed by atoms with E-state index < -0.39 is 30.0 Å². The van der Waals surface area contributed by atoms with Gasteiger partial charge in [-0.3, -0.25) is 19.4 Å². The Balaban J connectivity index is 0.850. The average Bonchev–Trinajstić information content (AvgIpc) is 4.23. The number of hydrogen-bond donors (Lipinski definition) is 4. The minimum absolute atomic E-state index is 0.00273. The SMILES string of the molecule is CNc1cc(-c2ccc3cc(C#N)cnn23)ncc1-c1nnc(C2CCC([C@H](C)NC(=O)C[C@H](NC(=O)C3CC(O)CN3C(=O)C(c3cc(C)no3)C(C)C)c3ccc(-c4scnc4C)cc3)CC2)s1. The fraction of sp³-hybridized carbons (Fsp3) is 0.412. The first kappa shape index (κ1) is 48.2. The maximum Gasteiger partial charge on any atom is 0.243 e. The second kappa shape index (κ2) is 20.6. The molecule has 1 aliphatic heterocycles. The number of β-amino-alcohol motifs (C(OH)–C–C–N with tert-alkyl or cyclic N) is 1. The van der Waals surface area contributed by atoms with Gasteiger partial charge in [-0.25, -0.2) is 9.50 Å². The van der Waals surface area contributed by atoms with Gasteiger partial charge in [0.25, 0.3) is 0 Å². The zero-order valence-corrected chi connectivity index (χ0v) is 41.6. The predicted molar refractivity (Wildman–Crippen MR) is 267 cm³/mol. The summed E-state index contributed by atoms with van der Waals surface area (Å²) >= 11 is 3.12. The molecule has 0 spiro atoms. The van der Waals surface area contributed by atoms with Crippen LogP contribution in [0.4, 0.5) is 5.69 Å². The van der Waals surface area contributed by atoms with Crippen LogP contribution in [-0.2, 0) is 14.4 Å². The molecule has 1 aliphatic carbocycles. The molecule has 1 saturated heterocycles. The molecule has 0 bridgehead atoms. The van der Waals surface area contributed by atoms with Gasteiger partial charge in [0.05, 0.1) is 74.6 Å². The molecule has 362 valence electrons. The monoisotopic (exact) mass is 980 g/mol. The number of nitriles is 1. The Morgan fingerprint density at radius 3 is 2.44 bits per heavy atom. The highest BCUT2D eigenvalue weighted by atomic mass is 32.1. The van der Waals surface area contributed by atoms with Crippen molar-refractivity contribution >= 4 is 51.6 Å². The lowest BCUT2D eigenvalue weighted by atomic mass is 9.79. The summed E-state index contributed by atoms with van der Waals surface area (Å²) in [6.45, 7) is 9.62. The third kappa shape index (κ3) is 10.1. The zero-order valence-electron chi connectivity index (χ0n) is 39.9. The molecule has 17 nitrogen and oxygen atoms in total. The lowest BCUT2D eigenvalue weighted by Crippen LogP contribution is -2.49. The number of aliphatic hydroxyl groups is 1. The van der Waals surface area contributed by atoms with E-state index in [-0.39, 0.29) is 55.0 Å². The van der Waals surface area contributed by atoms with Gasteiger partial charge < -0.3 is 30.5 Å². The number of nitrogens with one attached hydrogen (secondary N) is 3. The number of likely N-dealkylation sites (tertiary alicyclic amines) is 1. The summed E-state index contributed by atoms with van der Waals surface area (Å²) in [5, 5.41) is 49.3. The fourth-order valence-electron chi connectivity index (χ4n) is 9.93. The summed E-state index contributed by atoms with van der Waals surface area (Å²) in [4.78, 5) is 54.2. The smallest absolute Gasteiger partial charge is 0.243 e. The summed E-state index contributed by atoms with van der Waals surface area (Å²) in [5.74, 6) is -0.924. The van der Waals surface area contributed by atoms with Crippen molar-refractivity contribution in [3.05, 3.63) is 106 Å². The molecule has 3 unspecified atom stereocenters. The molecule has 4 N–H and O–H groups in total. The second-order valence-corrected chi connectivity index (χ2v) is 20.7. The molecule has 9 rings (SSSR count). The van der Waals surface area contributed by atoms with Crippen LogP contribution < -0.4 is 16.0 Å². The Hall–Kier alpha value is -6.88. The number of hydrogen-bond acceptors (Lipinski definition) is 15. The number of benzene rings is 1. The highest BCUT2D eigenvalue weighted by Gasteiger charge is 2.44. The molecule has 7 aromatic rings. The number of thiazole rings is 1. The molecule has 2 aliphatic rings. The summed E-state index contributed by atoms with van der Waals surface area (Å²) in [7, 11) is 1.86. The Bertz CT molecular complexity index is 3050. The highest BCUT2D eigenvalue weighted by molar-refractivity contribution is 7.14. The van der Waals surface area contributed by atoms with E-state index in [0.717, 1.165) is 85.6 Å². The van der Waals surface area contributed by atoms with Crippen LogP contribution in [-0.4, -0.2) is 94.4 Å². The van der Waals surface area contributed by atoms with Gasteiger partial charge in [0.1, 0.15) is 28.8 Å². The van der Waals surface area contributed by atoms with E-state index >= 15 is 0 Å². The fourth-order valence-corrected chi connectivity index (χ4v) is 11.8. The first-order valence-corrected chi connectivity index (χ1v) is 25.4. The van der Waals surface area contributed by atoms with Crippen LogP contribution in [0.5, 0.6) is 0 Å². The van der Waals surface area contributed by atoms with Gasteiger partial charge in [0.2, 0.25) is 17.7 Å². The van der Waals surface area contributed by atoms with Crippen molar-refractivity contribution in [2.45, 2.75) is 109 Å². The van der Waals surface area contributed by atoms with Crippen LogP contribution >= 0.6 is 22.7 Å². The van der Waals surface area contributed by atoms with Gasteiger partial charge >= 0.3 is 0 Å². The Morgan fingerprint density at radius 1 is 0.971 bits per heavy atom. The Kier molecular flexibility index (Phi) is 14.2. The number of amides is 3. The third-order valence-electron chi connectivity index (χ3n) is 13.7. The van der Waals surface area contributed by atoms with Crippen LogP contribution in [0.2, 0.25) is 0 Å². The zero-order chi connectivity index (χ0) is 49.2. The number of anilines is 1. The molecule has 3 amide bonds. The van der Waals surface area contributed by atoms with Crippen molar-refractivity contribution in [2.75, 3.05) is 18.9 Å². The number of nitrogens with zero attached hydrogens (tertiary/aromatic N) is 9.